The van der Waals surface area contributed by atoms with Crippen LogP contribution in [0.15, 0.2) is 24.3 Å². The average Bonchev–Trinajstić information content (AvgIpc) is 2.23. The predicted octanol–water partition coefficient (Wildman–Crippen LogP) is 0.746. The lowest BCUT2D eigenvalue weighted by molar-refractivity contribution is -0.131. The second kappa shape index (κ2) is 4.18. The van der Waals surface area contributed by atoms with Crippen molar-refractivity contribution >= 4 is 11.9 Å². The molecule has 17 heavy (non-hydrogen) atoms. The molecule has 5 heteroatoms. The second-order valence-electron chi connectivity index (χ2n) is 4.14. The zero-order valence-corrected chi connectivity index (χ0v) is 9.40. The zero-order chi connectivity index (χ0) is 12.5. The van der Waals surface area contributed by atoms with Crippen LogP contribution in [-0.2, 0) is 15.1 Å². The third-order valence-electron chi connectivity index (χ3n) is 2.80. The Hall–Kier alpha value is -1.88. The Morgan fingerprint density at radius 1 is 1.29 bits per heavy atom. The standard InChI is InChI=1S/C12H13NO4/c1-8(14)13-12(6-17-7-12)10-4-2-9(3-5-10)11(15)16/h2-5H,6-7H2,1H3,(H,13,14)(H,15,16). The Kier molecular flexibility index (Phi) is 2.85. The van der Waals surface area contributed by atoms with E-state index in [0.717, 1.165) is 5.56 Å². The van der Waals surface area contributed by atoms with Gasteiger partial charge in [-0.1, -0.05) is 12.1 Å². The van der Waals surface area contributed by atoms with Gasteiger partial charge in [0.25, 0.3) is 0 Å². The van der Waals surface area contributed by atoms with Crippen molar-refractivity contribution in [3.63, 3.8) is 0 Å². The van der Waals surface area contributed by atoms with Crippen LogP contribution in [0.2, 0.25) is 0 Å². The van der Waals surface area contributed by atoms with Gasteiger partial charge in [0.05, 0.1) is 18.8 Å². The normalized spacial score (nSPS) is 17.0. The first-order valence-corrected chi connectivity index (χ1v) is 5.24. The Bertz CT molecular complexity index is 448. The summed E-state index contributed by atoms with van der Waals surface area (Å²) in [5, 5.41) is 11.6. The van der Waals surface area contributed by atoms with Gasteiger partial charge in [-0.2, -0.15) is 0 Å². The third-order valence-corrected chi connectivity index (χ3v) is 2.80. The molecule has 0 saturated carbocycles. The lowest BCUT2D eigenvalue weighted by Gasteiger charge is -2.42. The van der Waals surface area contributed by atoms with Gasteiger partial charge in [0, 0.05) is 6.92 Å². The van der Waals surface area contributed by atoms with Crippen molar-refractivity contribution < 1.29 is 19.4 Å². The van der Waals surface area contributed by atoms with Gasteiger partial charge in [0.15, 0.2) is 0 Å². The summed E-state index contributed by atoms with van der Waals surface area (Å²) in [5.41, 5.74) is 0.596. The number of hydrogen-bond donors (Lipinski definition) is 2. The lowest BCUT2D eigenvalue weighted by Crippen LogP contribution is -2.58. The largest absolute Gasteiger partial charge is 0.478 e. The molecule has 1 amide bonds. The number of aromatic carboxylic acids is 1. The SMILES string of the molecule is CC(=O)NC1(c2ccc(C(=O)O)cc2)COC1. The summed E-state index contributed by atoms with van der Waals surface area (Å²) in [6, 6.07) is 6.48. The molecule has 0 atom stereocenters. The average molecular weight is 235 g/mol. The maximum absolute atomic E-state index is 11.1. The number of carbonyl (C=O) groups is 2. The minimum absolute atomic E-state index is 0.129. The van der Waals surface area contributed by atoms with Crippen LogP contribution < -0.4 is 5.32 Å². The fourth-order valence-corrected chi connectivity index (χ4v) is 1.89. The lowest BCUT2D eigenvalue weighted by atomic mass is 9.87. The summed E-state index contributed by atoms with van der Waals surface area (Å²) in [6.45, 7) is 2.28. The van der Waals surface area contributed by atoms with Crippen molar-refractivity contribution in [2.75, 3.05) is 13.2 Å². The number of carbonyl (C=O) groups excluding carboxylic acids is 1. The van der Waals surface area contributed by atoms with Crippen LogP contribution in [0.3, 0.4) is 0 Å². The summed E-state index contributed by atoms with van der Waals surface area (Å²) in [7, 11) is 0. The van der Waals surface area contributed by atoms with Gasteiger partial charge in [0.1, 0.15) is 5.54 Å². The van der Waals surface area contributed by atoms with E-state index >= 15 is 0 Å². The van der Waals surface area contributed by atoms with Gasteiger partial charge >= 0.3 is 5.97 Å². The minimum atomic E-state index is -0.963. The van der Waals surface area contributed by atoms with Crippen LogP contribution in [0, 0.1) is 0 Å². The highest BCUT2D eigenvalue weighted by Crippen LogP contribution is 2.29. The molecule has 1 aromatic carbocycles. The van der Waals surface area contributed by atoms with E-state index < -0.39 is 11.5 Å². The van der Waals surface area contributed by atoms with E-state index in [-0.39, 0.29) is 11.5 Å². The van der Waals surface area contributed by atoms with E-state index in [1.54, 1.807) is 12.1 Å². The van der Waals surface area contributed by atoms with Crippen LogP contribution >= 0.6 is 0 Å². The van der Waals surface area contributed by atoms with Crippen LogP contribution in [0.1, 0.15) is 22.8 Å². The molecular formula is C12H13NO4. The summed E-state index contributed by atoms with van der Waals surface area (Å²) < 4.78 is 5.14. The number of rotatable bonds is 3. The molecule has 1 aromatic rings. The van der Waals surface area contributed by atoms with E-state index in [2.05, 4.69) is 5.32 Å². The van der Waals surface area contributed by atoms with Crippen molar-refractivity contribution in [3.8, 4) is 0 Å². The third kappa shape index (κ3) is 2.14. The predicted molar refractivity (Wildman–Crippen MR) is 59.7 cm³/mol. The molecule has 0 aliphatic carbocycles. The van der Waals surface area contributed by atoms with Gasteiger partial charge in [-0.15, -0.1) is 0 Å². The van der Waals surface area contributed by atoms with Gasteiger partial charge < -0.3 is 15.2 Å². The molecule has 5 nitrogen and oxygen atoms in total. The molecule has 0 radical (unpaired) electrons. The molecule has 0 unspecified atom stereocenters. The fourth-order valence-electron chi connectivity index (χ4n) is 1.89. The summed E-state index contributed by atoms with van der Waals surface area (Å²) >= 11 is 0. The van der Waals surface area contributed by atoms with Gasteiger partial charge in [0.2, 0.25) is 5.91 Å². The Balaban J connectivity index is 2.26. The first-order chi connectivity index (χ1) is 8.03. The highest BCUT2D eigenvalue weighted by molar-refractivity contribution is 5.87. The zero-order valence-electron chi connectivity index (χ0n) is 9.40. The molecule has 1 heterocycles. The highest BCUT2D eigenvalue weighted by atomic mass is 16.5. The fraction of sp³-hybridized carbons (Fsp3) is 0.333. The van der Waals surface area contributed by atoms with Crippen molar-refractivity contribution in [2.24, 2.45) is 0 Å². The summed E-state index contributed by atoms with van der Waals surface area (Å²) in [5.74, 6) is -1.09. The molecule has 1 saturated heterocycles. The molecule has 0 aromatic heterocycles. The number of nitrogens with one attached hydrogen (secondary N) is 1. The smallest absolute Gasteiger partial charge is 0.335 e. The Morgan fingerprint density at radius 2 is 1.88 bits per heavy atom. The number of amides is 1. The van der Waals surface area contributed by atoms with Crippen LogP contribution in [-0.4, -0.2) is 30.2 Å². The van der Waals surface area contributed by atoms with Crippen LogP contribution in [0.4, 0.5) is 0 Å². The molecule has 2 N–H and O–H groups in total. The number of ether oxygens (including phenoxy) is 1. The quantitative estimate of drug-likeness (QED) is 0.810. The van der Waals surface area contributed by atoms with Gasteiger partial charge in [-0.05, 0) is 17.7 Å². The number of carboxylic acid groups (broad SMARTS) is 1. The van der Waals surface area contributed by atoms with E-state index in [0.29, 0.717) is 13.2 Å². The van der Waals surface area contributed by atoms with Crippen molar-refractivity contribution in [2.45, 2.75) is 12.5 Å². The highest BCUT2D eigenvalue weighted by Gasteiger charge is 2.41. The van der Waals surface area contributed by atoms with Crippen molar-refractivity contribution in [1.29, 1.82) is 0 Å². The first-order valence-electron chi connectivity index (χ1n) is 5.24. The minimum Gasteiger partial charge on any atom is -0.478 e. The van der Waals surface area contributed by atoms with E-state index in [1.807, 2.05) is 0 Å². The number of benzene rings is 1. The van der Waals surface area contributed by atoms with Crippen molar-refractivity contribution in [3.05, 3.63) is 35.4 Å². The van der Waals surface area contributed by atoms with E-state index in [4.69, 9.17) is 9.84 Å². The molecule has 1 aliphatic heterocycles. The molecule has 90 valence electrons. The summed E-state index contributed by atoms with van der Waals surface area (Å²) in [6.07, 6.45) is 0. The van der Waals surface area contributed by atoms with E-state index in [1.165, 1.54) is 19.1 Å². The van der Waals surface area contributed by atoms with E-state index in [9.17, 15) is 9.59 Å². The second-order valence-corrected chi connectivity index (χ2v) is 4.14. The van der Waals surface area contributed by atoms with Crippen molar-refractivity contribution in [1.82, 2.24) is 5.32 Å². The monoisotopic (exact) mass is 235 g/mol. The maximum atomic E-state index is 11.1. The number of carboxylic acids is 1. The Morgan fingerprint density at radius 3 is 2.24 bits per heavy atom. The molecule has 0 bridgehead atoms. The van der Waals surface area contributed by atoms with Gasteiger partial charge in [-0.25, -0.2) is 4.79 Å². The first kappa shape index (κ1) is 11.6. The molecule has 2 rings (SSSR count). The topological polar surface area (TPSA) is 75.6 Å². The molecule has 0 spiro atoms. The molecule has 1 fully saturated rings. The maximum Gasteiger partial charge on any atom is 0.335 e. The number of hydrogen-bond acceptors (Lipinski definition) is 3. The molecular weight excluding hydrogens is 222 g/mol. The van der Waals surface area contributed by atoms with Gasteiger partial charge in [-0.3, -0.25) is 4.79 Å². The Labute approximate surface area is 98.4 Å². The van der Waals surface area contributed by atoms with Crippen LogP contribution in [0.5, 0.6) is 0 Å². The van der Waals surface area contributed by atoms with Crippen LogP contribution in [0.25, 0.3) is 0 Å². The molecule has 1 aliphatic rings. The summed E-state index contributed by atoms with van der Waals surface area (Å²) in [4.78, 5) is 21.9.